The molecule has 5 nitrogen and oxygen atoms in total. The summed E-state index contributed by atoms with van der Waals surface area (Å²) in [6, 6.07) is 7.72. The molecule has 2 atom stereocenters. The Morgan fingerprint density at radius 2 is 1.62 bits per heavy atom. The SMILES string of the molecule is O=C(O)[C@H]1CCCC[C@@H]1C(=O)N1CCN(c2ccccc2Cl)CC1. The Labute approximate surface area is 147 Å². The highest BCUT2D eigenvalue weighted by Gasteiger charge is 2.38. The number of carbonyl (C=O) groups is 2. The second-order valence-corrected chi connectivity index (χ2v) is 7.01. The minimum Gasteiger partial charge on any atom is -0.481 e. The third-order valence-electron chi connectivity index (χ3n) is 5.18. The smallest absolute Gasteiger partial charge is 0.307 e. The van der Waals surface area contributed by atoms with Crippen LogP contribution in [-0.4, -0.2) is 48.1 Å². The molecule has 0 radical (unpaired) electrons. The zero-order chi connectivity index (χ0) is 17.1. The molecule has 1 aliphatic carbocycles. The third kappa shape index (κ3) is 3.51. The molecule has 2 fully saturated rings. The average Bonchev–Trinajstić information content (AvgIpc) is 2.62. The Morgan fingerprint density at radius 1 is 1.00 bits per heavy atom. The molecule has 0 bridgehead atoms. The summed E-state index contributed by atoms with van der Waals surface area (Å²) in [5.41, 5.74) is 0.993. The molecule has 1 saturated heterocycles. The number of para-hydroxylation sites is 1. The van der Waals surface area contributed by atoms with Gasteiger partial charge in [0, 0.05) is 26.2 Å². The number of halogens is 1. The molecule has 0 aromatic heterocycles. The van der Waals surface area contributed by atoms with Crippen LogP contribution < -0.4 is 4.90 Å². The number of amides is 1. The summed E-state index contributed by atoms with van der Waals surface area (Å²) in [7, 11) is 0. The van der Waals surface area contributed by atoms with Crippen LogP contribution in [0.4, 0.5) is 5.69 Å². The van der Waals surface area contributed by atoms with Gasteiger partial charge in [0.2, 0.25) is 5.91 Å². The minimum atomic E-state index is -0.831. The molecule has 3 rings (SSSR count). The van der Waals surface area contributed by atoms with Crippen molar-refractivity contribution in [2.24, 2.45) is 11.8 Å². The number of hydrogen-bond donors (Lipinski definition) is 1. The van der Waals surface area contributed by atoms with Gasteiger partial charge in [-0.15, -0.1) is 0 Å². The Balaban J connectivity index is 1.62. The lowest BCUT2D eigenvalue weighted by Crippen LogP contribution is -2.52. The molecule has 0 spiro atoms. The second-order valence-electron chi connectivity index (χ2n) is 6.60. The molecule has 1 N–H and O–H groups in total. The first-order chi connectivity index (χ1) is 11.6. The van der Waals surface area contributed by atoms with Crippen molar-refractivity contribution in [1.82, 2.24) is 4.90 Å². The topological polar surface area (TPSA) is 60.9 Å². The number of benzene rings is 1. The van der Waals surface area contributed by atoms with Gasteiger partial charge < -0.3 is 14.9 Å². The minimum absolute atomic E-state index is 0.0147. The summed E-state index contributed by atoms with van der Waals surface area (Å²) >= 11 is 6.24. The molecule has 2 aliphatic rings. The van der Waals surface area contributed by atoms with Crippen molar-refractivity contribution in [2.45, 2.75) is 25.7 Å². The number of anilines is 1. The number of nitrogens with zero attached hydrogens (tertiary/aromatic N) is 2. The first-order valence-electron chi connectivity index (χ1n) is 8.59. The highest BCUT2D eigenvalue weighted by molar-refractivity contribution is 6.33. The fourth-order valence-corrected chi connectivity index (χ4v) is 4.09. The van der Waals surface area contributed by atoms with Crippen molar-refractivity contribution in [3.05, 3.63) is 29.3 Å². The van der Waals surface area contributed by atoms with E-state index >= 15 is 0 Å². The highest BCUT2D eigenvalue weighted by atomic mass is 35.5. The predicted molar refractivity (Wildman–Crippen MR) is 93.3 cm³/mol. The van der Waals surface area contributed by atoms with E-state index in [-0.39, 0.29) is 11.8 Å². The summed E-state index contributed by atoms with van der Waals surface area (Å²) in [6.07, 6.45) is 3.16. The van der Waals surface area contributed by atoms with E-state index in [1.165, 1.54) is 0 Å². The Hall–Kier alpha value is -1.75. The summed E-state index contributed by atoms with van der Waals surface area (Å²) in [5.74, 6) is -1.69. The van der Waals surface area contributed by atoms with E-state index in [4.69, 9.17) is 11.6 Å². The number of carboxylic acid groups (broad SMARTS) is 1. The van der Waals surface area contributed by atoms with Crippen LogP contribution in [-0.2, 0) is 9.59 Å². The lowest BCUT2D eigenvalue weighted by Gasteiger charge is -2.39. The number of piperazine rings is 1. The normalized spacial score (nSPS) is 24.7. The Morgan fingerprint density at radius 3 is 2.25 bits per heavy atom. The van der Waals surface area contributed by atoms with Gasteiger partial charge in [-0.2, -0.15) is 0 Å². The monoisotopic (exact) mass is 350 g/mol. The molecular formula is C18H23ClN2O3. The second kappa shape index (κ2) is 7.43. The van der Waals surface area contributed by atoms with Crippen molar-refractivity contribution in [3.8, 4) is 0 Å². The van der Waals surface area contributed by atoms with Gasteiger partial charge >= 0.3 is 5.97 Å². The predicted octanol–water partition coefficient (Wildman–Crippen LogP) is 2.88. The fourth-order valence-electron chi connectivity index (χ4n) is 3.83. The van der Waals surface area contributed by atoms with E-state index < -0.39 is 11.9 Å². The first-order valence-corrected chi connectivity index (χ1v) is 8.97. The molecule has 6 heteroatoms. The van der Waals surface area contributed by atoms with E-state index in [1.807, 2.05) is 29.2 Å². The van der Waals surface area contributed by atoms with Crippen molar-refractivity contribution >= 4 is 29.2 Å². The summed E-state index contributed by atoms with van der Waals surface area (Å²) in [4.78, 5) is 28.2. The van der Waals surface area contributed by atoms with Crippen LogP contribution in [0.2, 0.25) is 5.02 Å². The average molecular weight is 351 g/mol. The molecule has 1 aliphatic heterocycles. The van der Waals surface area contributed by atoms with Crippen LogP contribution in [0.15, 0.2) is 24.3 Å². The van der Waals surface area contributed by atoms with E-state index in [2.05, 4.69) is 4.90 Å². The van der Waals surface area contributed by atoms with E-state index in [0.717, 1.165) is 36.6 Å². The van der Waals surface area contributed by atoms with Crippen molar-refractivity contribution in [3.63, 3.8) is 0 Å². The number of aliphatic carboxylic acids is 1. The van der Waals surface area contributed by atoms with Crippen LogP contribution in [0.5, 0.6) is 0 Å². The maximum atomic E-state index is 12.8. The highest BCUT2D eigenvalue weighted by Crippen LogP contribution is 2.32. The molecule has 1 aromatic carbocycles. The number of rotatable bonds is 3. The van der Waals surface area contributed by atoms with Crippen LogP contribution in [0.1, 0.15) is 25.7 Å². The molecule has 1 amide bonds. The summed E-state index contributed by atoms with van der Waals surface area (Å²) in [6.45, 7) is 2.68. The van der Waals surface area contributed by atoms with Gasteiger partial charge in [0.15, 0.2) is 0 Å². The van der Waals surface area contributed by atoms with E-state index in [9.17, 15) is 14.7 Å². The summed E-state index contributed by atoms with van der Waals surface area (Å²) < 4.78 is 0. The van der Waals surface area contributed by atoms with Gasteiger partial charge in [0.25, 0.3) is 0 Å². The lowest BCUT2D eigenvalue weighted by molar-refractivity contribution is -0.152. The third-order valence-corrected chi connectivity index (χ3v) is 5.50. The zero-order valence-electron chi connectivity index (χ0n) is 13.7. The first kappa shape index (κ1) is 17.1. The van der Waals surface area contributed by atoms with Crippen LogP contribution >= 0.6 is 11.6 Å². The van der Waals surface area contributed by atoms with Gasteiger partial charge in [-0.05, 0) is 25.0 Å². The maximum Gasteiger partial charge on any atom is 0.307 e. The molecular weight excluding hydrogens is 328 g/mol. The van der Waals surface area contributed by atoms with Gasteiger partial charge in [-0.3, -0.25) is 9.59 Å². The van der Waals surface area contributed by atoms with Crippen molar-refractivity contribution in [2.75, 3.05) is 31.1 Å². The molecule has 0 unspecified atom stereocenters. The van der Waals surface area contributed by atoms with E-state index in [1.54, 1.807) is 0 Å². The Bertz CT molecular complexity index is 614. The largest absolute Gasteiger partial charge is 0.481 e. The number of carbonyl (C=O) groups excluding carboxylic acids is 1. The molecule has 24 heavy (non-hydrogen) atoms. The van der Waals surface area contributed by atoms with Crippen LogP contribution in [0.3, 0.4) is 0 Å². The van der Waals surface area contributed by atoms with Crippen LogP contribution in [0.25, 0.3) is 0 Å². The number of carboxylic acids is 1. The quantitative estimate of drug-likeness (QED) is 0.910. The zero-order valence-corrected chi connectivity index (χ0v) is 14.4. The number of hydrogen-bond acceptors (Lipinski definition) is 3. The molecule has 130 valence electrons. The van der Waals surface area contributed by atoms with Crippen LogP contribution in [0, 0.1) is 11.8 Å². The van der Waals surface area contributed by atoms with E-state index in [0.29, 0.717) is 25.9 Å². The molecule has 1 heterocycles. The van der Waals surface area contributed by atoms with Crippen molar-refractivity contribution < 1.29 is 14.7 Å². The standard InChI is InChI=1S/C18H23ClN2O3/c19-15-7-3-4-8-16(15)20-9-11-21(12-10-20)17(22)13-5-1-2-6-14(13)18(23)24/h3-4,7-8,13-14H,1-2,5-6,9-12H2,(H,23,24)/t13-,14-/m0/s1. The maximum absolute atomic E-state index is 12.8. The molecule has 1 saturated carbocycles. The van der Waals surface area contributed by atoms with Gasteiger partial charge in [0.1, 0.15) is 0 Å². The molecule has 1 aromatic rings. The van der Waals surface area contributed by atoms with Crippen molar-refractivity contribution in [1.29, 1.82) is 0 Å². The lowest BCUT2D eigenvalue weighted by atomic mass is 9.78. The Kier molecular flexibility index (Phi) is 5.29. The van der Waals surface area contributed by atoms with Gasteiger partial charge in [-0.1, -0.05) is 36.6 Å². The summed E-state index contributed by atoms with van der Waals surface area (Å²) in [5, 5.41) is 10.1. The fraction of sp³-hybridized carbons (Fsp3) is 0.556. The van der Waals surface area contributed by atoms with Gasteiger partial charge in [-0.25, -0.2) is 0 Å². The van der Waals surface area contributed by atoms with Gasteiger partial charge in [0.05, 0.1) is 22.5 Å².